The van der Waals surface area contributed by atoms with E-state index in [9.17, 15) is 4.79 Å². The van der Waals surface area contributed by atoms with Crippen LogP contribution in [0.15, 0.2) is 28.1 Å². The molecule has 0 aliphatic heterocycles. The zero-order valence-corrected chi connectivity index (χ0v) is 8.60. The van der Waals surface area contributed by atoms with E-state index in [-0.39, 0.29) is 5.56 Å². The smallest absolute Gasteiger partial charge is 0.265 e. The molecule has 0 aliphatic carbocycles. The molecular weight excluding hydrogens is 250 g/mol. The first-order valence-electron chi connectivity index (χ1n) is 3.82. The largest absolute Gasteiger partial charge is 0.308 e. The molecule has 0 spiro atoms. The highest BCUT2D eigenvalue weighted by molar-refractivity contribution is 9.10. The summed E-state index contributed by atoms with van der Waals surface area (Å²) < 4.78 is 1.99. The molecule has 0 fully saturated rings. The minimum absolute atomic E-state index is 0.199. The van der Waals surface area contributed by atoms with E-state index in [0.29, 0.717) is 16.8 Å². The molecule has 7 heteroatoms. The van der Waals surface area contributed by atoms with Crippen molar-refractivity contribution in [3.63, 3.8) is 0 Å². The number of rotatable bonds is 2. The predicted molar refractivity (Wildman–Crippen MR) is 51.7 cm³/mol. The molecule has 2 rings (SSSR count). The quantitative estimate of drug-likeness (QED) is 0.831. The molecule has 72 valence electrons. The van der Waals surface area contributed by atoms with Gasteiger partial charge in [-0.05, 0) is 15.9 Å². The van der Waals surface area contributed by atoms with Gasteiger partial charge in [-0.3, -0.25) is 4.79 Å². The third kappa shape index (κ3) is 1.87. The van der Waals surface area contributed by atoms with Gasteiger partial charge in [0.15, 0.2) is 0 Å². The highest BCUT2D eigenvalue weighted by Crippen LogP contribution is 1.99. The van der Waals surface area contributed by atoms with Crippen molar-refractivity contribution in [1.82, 2.24) is 24.7 Å². The molecule has 1 N–H and O–H groups in total. The normalized spacial score (nSPS) is 10.4. The Hall–Kier alpha value is -1.50. The van der Waals surface area contributed by atoms with Gasteiger partial charge < -0.3 is 4.98 Å². The van der Waals surface area contributed by atoms with Crippen molar-refractivity contribution in [2.24, 2.45) is 0 Å². The lowest BCUT2D eigenvalue weighted by Crippen LogP contribution is -2.14. The van der Waals surface area contributed by atoms with Gasteiger partial charge in [-0.2, -0.15) is 5.10 Å². The van der Waals surface area contributed by atoms with Crippen LogP contribution in [-0.2, 0) is 6.54 Å². The van der Waals surface area contributed by atoms with Crippen molar-refractivity contribution in [1.29, 1.82) is 0 Å². The van der Waals surface area contributed by atoms with E-state index in [4.69, 9.17) is 0 Å². The topological polar surface area (TPSA) is 76.5 Å². The van der Waals surface area contributed by atoms with Gasteiger partial charge >= 0.3 is 0 Å². The number of hydrogen-bond donors (Lipinski definition) is 1. The van der Waals surface area contributed by atoms with Crippen LogP contribution >= 0.6 is 15.9 Å². The number of H-pyrrole nitrogens is 1. The molecule has 0 aliphatic rings. The number of nitrogens with one attached hydrogen (secondary N) is 1. The van der Waals surface area contributed by atoms with Crippen LogP contribution in [-0.4, -0.2) is 24.7 Å². The van der Waals surface area contributed by atoms with Gasteiger partial charge in [0.25, 0.3) is 5.56 Å². The molecule has 6 nitrogen and oxygen atoms in total. The van der Waals surface area contributed by atoms with Gasteiger partial charge in [0, 0.05) is 6.20 Å². The van der Waals surface area contributed by atoms with Gasteiger partial charge in [-0.1, -0.05) is 0 Å². The maximum absolute atomic E-state index is 11.2. The summed E-state index contributed by atoms with van der Waals surface area (Å²) in [5.74, 6) is 0.545. The van der Waals surface area contributed by atoms with Crippen LogP contribution in [0, 0.1) is 0 Å². The molecule has 14 heavy (non-hydrogen) atoms. The summed E-state index contributed by atoms with van der Waals surface area (Å²) in [6.45, 7) is 0.405. The number of nitrogens with zero attached hydrogens (tertiary/aromatic N) is 4. The van der Waals surface area contributed by atoms with Crippen LogP contribution in [0.1, 0.15) is 5.82 Å². The standard InChI is InChI=1S/C7H6BrN5O/c8-5-1-10-6(12-7(5)14)2-13-4-9-3-11-13/h1,3-4H,2H2,(H,10,12,14). The average molecular weight is 256 g/mol. The third-order valence-electron chi connectivity index (χ3n) is 1.59. The molecule has 0 amide bonds. The van der Waals surface area contributed by atoms with Crippen molar-refractivity contribution in [3.05, 3.63) is 39.5 Å². The minimum atomic E-state index is -0.199. The van der Waals surface area contributed by atoms with E-state index in [1.165, 1.54) is 12.5 Å². The third-order valence-corrected chi connectivity index (χ3v) is 2.15. The molecule has 0 bridgehead atoms. The number of halogens is 1. The van der Waals surface area contributed by atoms with Gasteiger partial charge in [-0.25, -0.2) is 14.6 Å². The van der Waals surface area contributed by atoms with E-state index >= 15 is 0 Å². The van der Waals surface area contributed by atoms with E-state index in [2.05, 4.69) is 36.0 Å². The molecule has 0 atom stereocenters. The monoisotopic (exact) mass is 255 g/mol. The van der Waals surface area contributed by atoms with Crippen molar-refractivity contribution in [2.45, 2.75) is 6.54 Å². The summed E-state index contributed by atoms with van der Waals surface area (Å²) in [6.07, 6.45) is 4.45. The lowest BCUT2D eigenvalue weighted by atomic mass is 10.5. The average Bonchev–Trinajstić information content (AvgIpc) is 2.64. The number of aromatic amines is 1. The highest BCUT2D eigenvalue weighted by Gasteiger charge is 2.00. The van der Waals surface area contributed by atoms with Gasteiger partial charge in [0.2, 0.25) is 0 Å². The second-order valence-electron chi connectivity index (χ2n) is 2.60. The van der Waals surface area contributed by atoms with Gasteiger partial charge in [0.05, 0.1) is 0 Å². The summed E-state index contributed by atoms with van der Waals surface area (Å²) in [5, 5.41) is 3.90. The van der Waals surface area contributed by atoms with E-state index in [0.717, 1.165) is 0 Å². The van der Waals surface area contributed by atoms with E-state index < -0.39 is 0 Å². The van der Waals surface area contributed by atoms with Gasteiger partial charge in [-0.15, -0.1) is 0 Å². The summed E-state index contributed by atoms with van der Waals surface area (Å²) in [5.41, 5.74) is -0.199. The fourth-order valence-corrected chi connectivity index (χ4v) is 1.17. The zero-order valence-electron chi connectivity index (χ0n) is 7.01. The van der Waals surface area contributed by atoms with Crippen molar-refractivity contribution in [3.8, 4) is 0 Å². The van der Waals surface area contributed by atoms with Crippen LogP contribution in [0.25, 0.3) is 0 Å². The van der Waals surface area contributed by atoms with Crippen LogP contribution in [0.3, 0.4) is 0 Å². The van der Waals surface area contributed by atoms with Gasteiger partial charge in [0.1, 0.15) is 29.5 Å². The maximum Gasteiger partial charge on any atom is 0.265 e. The van der Waals surface area contributed by atoms with E-state index in [1.807, 2.05) is 0 Å². The molecule has 2 heterocycles. The first-order chi connectivity index (χ1) is 6.75. The Morgan fingerprint density at radius 2 is 2.43 bits per heavy atom. The van der Waals surface area contributed by atoms with E-state index in [1.54, 1.807) is 11.0 Å². The SMILES string of the molecule is O=c1[nH]c(Cn2cncn2)ncc1Br. The van der Waals surface area contributed by atoms with Crippen molar-refractivity contribution in [2.75, 3.05) is 0 Å². The Morgan fingerprint density at radius 3 is 3.07 bits per heavy atom. The van der Waals surface area contributed by atoms with Crippen LogP contribution in [0.5, 0.6) is 0 Å². The molecule has 2 aromatic heterocycles. The Balaban J connectivity index is 2.26. The second kappa shape index (κ2) is 3.70. The fraction of sp³-hybridized carbons (Fsp3) is 0.143. The Morgan fingerprint density at radius 1 is 1.57 bits per heavy atom. The first kappa shape index (κ1) is 9.07. The van der Waals surface area contributed by atoms with Crippen LogP contribution in [0.4, 0.5) is 0 Å². The minimum Gasteiger partial charge on any atom is -0.308 e. The molecule has 0 saturated heterocycles. The van der Waals surface area contributed by atoms with Crippen molar-refractivity contribution < 1.29 is 0 Å². The lowest BCUT2D eigenvalue weighted by molar-refractivity contribution is 0.650. The zero-order chi connectivity index (χ0) is 9.97. The summed E-state index contributed by atoms with van der Waals surface area (Å²) >= 11 is 3.07. The first-order valence-corrected chi connectivity index (χ1v) is 4.61. The predicted octanol–water partition coefficient (Wildman–Crippen LogP) is 0.172. The molecule has 0 aromatic carbocycles. The summed E-state index contributed by atoms with van der Waals surface area (Å²) in [7, 11) is 0. The lowest BCUT2D eigenvalue weighted by Gasteiger charge is -1.99. The number of aromatic nitrogens is 5. The molecular formula is C7H6BrN5O. The summed E-state index contributed by atoms with van der Waals surface area (Å²) in [4.78, 5) is 21.6. The molecule has 0 saturated carbocycles. The molecule has 2 aromatic rings. The van der Waals surface area contributed by atoms with Crippen LogP contribution < -0.4 is 5.56 Å². The fourth-order valence-electron chi connectivity index (χ4n) is 0.964. The molecule has 0 radical (unpaired) electrons. The Kier molecular flexibility index (Phi) is 2.40. The molecule has 0 unspecified atom stereocenters. The van der Waals surface area contributed by atoms with Crippen molar-refractivity contribution >= 4 is 15.9 Å². The number of hydrogen-bond acceptors (Lipinski definition) is 4. The maximum atomic E-state index is 11.2. The Bertz CT molecular complexity index is 477. The Labute approximate surface area is 87.1 Å². The highest BCUT2D eigenvalue weighted by atomic mass is 79.9. The van der Waals surface area contributed by atoms with Crippen LogP contribution in [0.2, 0.25) is 0 Å². The second-order valence-corrected chi connectivity index (χ2v) is 3.45. The summed E-state index contributed by atoms with van der Waals surface area (Å²) in [6, 6.07) is 0.